The third-order valence-electron chi connectivity index (χ3n) is 4.00. The quantitative estimate of drug-likeness (QED) is 0.760. The molecule has 1 atom stereocenters. The number of hydrogen-bond donors (Lipinski definition) is 1. The number of imidazole rings is 1. The van der Waals surface area contributed by atoms with Gasteiger partial charge in [0.05, 0.1) is 29.9 Å². The van der Waals surface area contributed by atoms with Gasteiger partial charge in [0.15, 0.2) is 0 Å². The number of aryl methyl sites for hydroxylation is 1. The van der Waals surface area contributed by atoms with Crippen molar-refractivity contribution >= 4 is 11.0 Å². The Morgan fingerprint density at radius 3 is 2.73 bits per heavy atom. The topological polar surface area (TPSA) is 46.2 Å². The van der Waals surface area contributed by atoms with E-state index in [1.54, 1.807) is 6.26 Å². The SMILES string of the molecule is CN(C)C(CNCc1nc2ccccc2n1C)c1ccco1. The van der Waals surface area contributed by atoms with Crippen molar-refractivity contribution in [2.75, 3.05) is 20.6 Å². The lowest BCUT2D eigenvalue weighted by molar-refractivity contribution is 0.249. The Morgan fingerprint density at radius 1 is 1.23 bits per heavy atom. The molecule has 2 heterocycles. The number of likely N-dealkylation sites (N-methyl/N-ethyl adjacent to an activating group) is 1. The summed E-state index contributed by atoms with van der Waals surface area (Å²) in [5.74, 6) is 2.01. The molecule has 3 rings (SSSR count). The lowest BCUT2D eigenvalue weighted by atomic mass is 10.2. The van der Waals surface area contributed by atoms with Crippen LogP contribution in [-0.2, 0) is 13.6 Å². The first-order valence-electron chi connectivity index (χ1n) is 7.47. The Hall–Kier alpha value is -2.11. The van der Waals surface area contributed by atoms with Crippen LogP contribution >= 0.6 is 0 Å². The zero-order valence-electron chi connectivity index (χ0n) is 13.3. The standard InChI is InChI=1S/C17H22N4O/c1-20(2)15(16-9-6-10-22-16)11-18-12-17-19-13-7-4-5-8-14(13)21(17)3/h4-10,15,18H,11-12H2,1-3H3. The zero-order valence-corrected chi connectivity index (χ0v) is 13.3. The number of rotatable bonds is 6. The fourth-order valence-electron chi connectivity index (χ4n) is 2.69. The van der Waals surface area contributed by atoms with Crippen LogP contribution in [0, 0.1) is 0 Å². The number of fused-ring (bicyclic) bond motifs is 1. The highest BCUT2D eigenvalue weighted by atomic mass is 16.3. The van der Waals surface area contributed by atoms with Gasteiger partial charge in [-0.2, -0.15) is 0 Å². The number of benzene rings is 1. The van der Waals surface area contributed by atoms with E-state index < -0.39 is 0 Å². The summed E-state index contributed by atoms with van der Waals surface area (Å²) in [5, 5.41) is 3.49. The monoisotopic (exact) mass is 298 g/mol. The Kier molecular flexibility index (Phi) is 4.27. The third kappa shape index (κ3) is 2.91. The highest BCUT2D eigenvalue weighted by Crippen LogP contribution is 2.18. The normalized spacial score (nSPS) is 13.1. The second-order valence-corrected chi connectivity index (χ2v) is 5.70. The first-order valence-corrected chi connectivity index (χ1v) is 7.47. The maximum atomic E-state index is 5.53. The molecule has 0 amide bonds. The number of hydrogen-bond acceptors (Lipinski definition) is 4. The molecule has 0 aliphatic rings. The number of nitrogens with zero attached hydrogens (tertiary/aromatic N) is 3. The first kappa shape index (κ1) is 14.8. The van der Waals surface area contributed by atoms with Gasteiger partial charge >= 0.3 is 0 Å². The minimum atomic E-state index is 0.213. The Bertz CT molecular complexity index is 730. The van der Waals surface area contributed by atoms with E-state index in [0.717, 1.165) is 35.7 Å². The van der Waals surface area contributed by atoms with E-state index in [4.69, 9.17) is 4.42 Å². The molecule has 5 heteroatoms. The molecule has 0 spiro atoms. The molecule has 3 aromatic rings. The van der Waals surface area contributed by atoms with Crippen LogP contribution in [0.5, 0.6) is 0 Å². The number of furan rings is 1. The van der Waals surface area contributed by atoms with Crippen molar-refractivity contribution in [1.29, 1.82) is 0 Å². The molecule has 2 aromatic heterocycles. The summed E-state index contributed by atoms with van der Waals surface area (Å²) in [6, 6.07) is 12.4. The summed E-state index contributed by atoms with van der Waals surface area (Å²) in [5.41, 5.74) is 2.20. The van der Waals surface area contributed by atoms with Crippen LogP contribution in [0.2, 0.25) is 0 Å². The Labute approximate surface area is 130 Å². The Morgan fingerprint density at radius 2 is 2.05 bits per heavy atom. The van der Waals surface area contributed by atoms with E-state index >= 15 is 0 Å². The second-order valence-electron chi connectivity index (χ2n) is 5.70. The minimum Gasteiger partial charge on any atom is -0.468 e. The van der Waals surface area contributed by atoms with Crippen LogP contribution in [0.25, 0.3) is 11.0 Å². The molecule has 0 saturated carbocycles. The van der Waals surface area contributed by atoms with Gasteiger partial charge in [-0.25, -0.2) is 4.98 Å². The fourth-order valence-corrected chi connectivity index (χ4v) is 2.69. The predicted octanol–water partition coefficient (Wildman–Crippen LogP) is 2.56. The molecule has 0 aliphatic heterocycles. The van der Waals surface area contributed by atoms with Gasteiger partial charge in [-0.05, 0) is 38.4 Å². The Balaban J connectivity index is 1.67. The van der Waals surface area contributed by atoms with Crippen molar-refractivity contribution in [3.63, 3.8) is 0 Å². The van der Waals surface area contributed by atoms with Gasteiger partial charge < -0.3 is 14.3 Å². The number of para-hydroxylation sites is 2. The van der Waals surface area contributed by atoms with Gasteiger partial charge in [0.1, 0.15) is 11.6 Å². The van der Waals surface area contributed by atoms with E-state index in [1.165, 1.54) is 0 Å². The minimum absolute atomic E-state index is 0.213. The second kappa shape index (κ2) is 6.34. The summed E-state index contributed by atoms with van der Waals surface area (Å²) in [4.78, 5) is 6.83. The van der Waals surface area contributed by atoms with E-state index in [2.05, 4.69) is 47.0 Å². The summed E-state index contributed by atoms with van der Waals surface area (Å²) >= 11 is 0. The molecule has 1 N–H and O–H groups in total. The van der Waals surface area contributed by atoms with E-state index in [-0.39, 0.29) is 6.04 Å². The fraction of sp³-hybridized carbons (Fsp3) is 0.353. The molecular formula is C17H22N4O. The third-order valence-corrected chi connectivity index (χ3v) is 4.00. The van der Waals surface area contributed by atoms with Gasteiger partial charge in [0.25, 0.3) is 0 Å². The smallest absolute Gasteiger partial charge is 0.123 e. The zero-order chi connectivity index (χ0) is 15.5. The molecule has 0 bridgehead atoms. The lowest BCUT2D eigenvalue weighted by Crippen LogP contribution is -2.31. The molecule has 0 fully saturated rings. The van der Waals surface area contributed by atoms with Crippen molar-refractivity contribution in [3.8, 4) is 0 Å². The average molecular weight is 298 g/mol. The molecule has 0 saturated heterocycles. The predicted molar refractivity (Wildman–Crippen MR) is 87.6 cm³/mol. The number of nitrogens with one attached hydrogen (secondary N) is 1. The summed E-state index contributed by atoms with van der Waals surface area (Å²) in [6.07, 6.45) is 1.72. The van der Waals surface area contributed by atoms with Gasteiger partial charge in [-0.3, -0.25) is 4.90 Å². The molecule has 22 heavy (non-hydrogen) atoms. The molecule has 0 radical (unpaired) electrons. The van der Waals surface area contributed by atoms with E-state index in [0.29, 0.717) is 0 Å². The summed E-state index contributed by atoms with van der Waals surface area (Å²) in [7, 11) is 6.18. The van der Waals surface area contributed by atoms with Gasteiger partial charge in [-0.1, -0.05) is 12.1 Å². The van der Waals surface area contributed by atoms with Crippen LogP contribution in [-0.4, -0.2) is 35.1 Å². The van der Waals surface area contributed by atoms with Gasteiger partial charge in [0.2, 0.25) is 0 Å². The molecule has 0 aliphatic carbocycles. The highest BCUT2D eigenvalue weighted by molar-refractivity contribution is 5.75. The van der Waals surface area contributed by atoms with Crippen molar-refractivity contribution in [3.05, 3.63) is 54.2 Å². The van der Waals surface area contributed by atoms with E-state index in [9.17, 15) is 0 Å². The van der Waals surface area contributed by atoms with Gasteiger partial charge in [0, 0.05) is 13.6 Å². The molecule has 116 valence electrons. The average Bonchev–Trinajstić information content (AvgIpc) is 3.13. The summed E-state index contributed by atoms with van der Waals surface area (Å²) in [6.45, 7) is 1.54. The lowest BCUT2D eigenvalue weighted by Gasteiger charge is -2.22. The highest BCUT2D eigenvalue weighted by Gasteiger charge is 2.16. The van der Waals surface area contributed by atoms with Crippen LogP contribution in [0.4, 0.5) is 0 Å². The van der Waals surface area contributed by atoms with Crippen LogP contribution < -0.4 is 5.32 Å². The van der Waals surface area contributed by atoms with Crippen LogP contribution in [0.1, 0.15) is 17.6 Å². The molecule has 1 unspecified atom stereocenters. The van der Waals surface area contributed by atoms with E-state index in [1.807, 2.05) is 30.3 Å². The van der Waals surface area contributed by atoms with Crippen molar-refractivity contribution in [2.45, 2.75) is 12.6 Å². The molecule has 1 aromatic carbocycles. The van der Waals surface area contributed by atoms with Crippen LogP contribution in [0.15, 0.2) is 47.1 Å². The largest absolute Gasteiger partial charge is 0.468 e. The molecular weight excluding hydrogens is 276 g/mol. The first-order chi connectivity index (χ1) is 10.7. The van der Waals surface area contributed by atoms with Crippen molar-refractivity contribution < 1.29 is 4.42 Å². The number of aromatic nitrogens is 2. The maximum Gasteiger partial charge on any atom is 0.123 e. The summed E-state index contributed by atoms with van der Waals surface area (Å²) < 4.78 is 7.67. The molecule has 5 nitrogen and oxygen atoms in total. The maximum absolute atomic E-state index is 5.53. The van der Waals surface area contributed by atoms with Crippen molar-refractivity contribution in [2.24, 2.45) is 7.05 Å². The van der Waals surface area contributed by atoms with Gasteiger partial charge in [-0.15, -0.1) is 0 Å². The van der Waals surface area contributed by atoms with Crippen LogP contribution in [0.3, 0.4) is 0 Å². The van der Waals surface area contributed by atoms with Crippen molar-refractivity contribution in [1.82, 2.24) is 19.8 Å².